The molecule has 0 bridgehead atoms. The second-order valence-electron chi connectivity index (χ2n) is 8.87. The van der Waals surface area contributed by atoms with Crippen molar-refractivity contribution in [2.45, 2.75) is 43.8 Å². The van der Waals surface area contributed by atoms with Gasteiger partial charge in [0, 0.05) is 36.8 Å². The van der Waals surface area contributed by atoms with Gasteiger partial charge in [0.25, 0.3) is 5.03 Å². The highest BCUT2D eigenvalue weighted by atomic mass is 35.5. The number of hydrogen-bond donors (Lipinski definition) is 1. The van der Waals surface area contributed by atoms with E-state index in [9.17, 15) is 8.94 Å². The number of hydrogen-bond acceptors (Lipinski definition) is 6. The van der Waals surface area contributed by atoms with Crippen molar-refractivity contribution >= 4 is 34.6 Å². The van der Waals surface area contributed by atoms with E-state index >= 15 is 0 Å². The van der Waals surface area contributed by atoms with E-state index < -0.39 is 11.4 Å². The van der Waals surface area contributed by atoms with Gasteiger partial charge in [-0.25, -0.2) is 9.37 Å². The Hall–Kier alpha value is -2.39. The molecule has 1 aromatic carbocycles. The van der Waals surface area contributed by atoms with E-state index in [0.29, 0.717) is 39.2 Å². The third kappa shape index (κ3) is 4.60. The fourth-order valence-corrected chi connectivity index (χ4v) is 5.99. The summed E-state index contributed by atoms with van der Waals surface area (Å²) in [5, 5.41) is 0.823. The third-order valence-corrected chi connectivity index (χ3v) is 8.09. The average Bonchev–Trinajstić information content (AvgIpc) is 3.32. The van der Waals surface area contributed by atoms with Gasteiger partial charge in [0.1, 0.15) is 23.0 Å². The zero-order chi connectivity index (χ0) is 23.8. The second kappa shape index (κ2) is 9.70. The van der Waals surface area contributed by atoms with Gasteiger partial charge < -0.3 is 9.45 Å². The SMILES string of the molecule is Cc1ccc(F)cc1-c1nc(N[S+]([O-])c2cccc(N3CCN4CCCC4C3C)n2)ccc1Cl. The highest BCUT2D eigenvalue weighted by Crippen LogP contribution is 2.32. The van der Waals surface area contributed by atoms with Gasteiger partial charge >= 0.3 is 0 Å². The van der Waals surface area contributed by atoms with Crippen molar-refractivity contribution in [2.24, 2.45) is 0 Å². The van der Waals surface area contributed by atoms with Crippen molar-refractivity contribution in [3.63, 3.8) is 0 Å². The molecule has 3 unspecified atom stereocenters. The van der Waals surface area contributed by atoms with Crippen LogP contribution in [0.2, 0.25) is 5.02 Å². The predicted octanol–water partition coefficient (Wildman–Crippen LogP) is 5.05. The summed E-state index contributed by atoms with van der Waals surface area (Å²) in [5.74, 6) is 0.850. The van der Waals surface area contributed by atoms with Gasteiger partial charge in [0.15, 0.2) is 5.82 Å². The number of nitrogens with one attached hydrogen (secondary N) is 1. The first-order valence-corrected chi connectivity index (χ1v) is 13.0. The minimum atomic E-state index is -1.62. The normalized spacial score (nSPS) is 21.4. The van der Waals surface area contributed by atoms with Crippen molar-refractivity contribution in [3.05, 3.63) is 64.9 Å². The van der Waals surface area contributed by atoms with Crippen LogP contribution in [0.3, 0.4) is 0 Å². The summed E-state index contributed by atoms with van der Waals surface area (Å²) in [6.07, 6.45) is 2.45. The molecule has 3 atom stereocenters. The first kappa shape index (κ1) is 23.4. The molecular formula is C25H27ClFN5OS. The number of aromatic nitrogens is 2. The molecule has 2 saturated heterocycles. The maximum atomic E-state index is 13.8. The molecule has 0 amide bonds. The number of benzene rings is 1. The molecular weight excluding hydrogens is 473 g/mol. The van der Waals surface area contributed by atoms with Gasteiger partial charge in [-0.2, -0.15) is 9.71 Å². The van der Waals surface area contributed by atoms with E-state index in [1.54, 1.807) is 24.3 Å². The minimum Gasteiger partial charge on any atom is -0.587 e. The summed E-state index contributed by atoms with van der Waals surface area (Å²) in [4.78, 5) is 14.1. The first-order chi connectivity index (χ1) is 16.4. The van der Waals surface area contributed by atoms with Crippen molar-refractivity contribution in [3.8, 4) is 11.3 Å². The zero-order valence-corrected chi connectivity index (χ0v) is 20.7. The molecule has 2 aromatic heterocycles. The summed E-state index contributed by atoms with van der Waals surface area (Å²) in [5.41, 5.74) is 1.88. The molecule has 0 radical (unpaired) electrons. The molecule has 9 heteroatoms. The zero-order valence-electron chi connectivity index (χ0n) is 19.2. The molecule has 0 saturated carbocycles. The molecule has 6 nitrogen and oxygen atoms in total. The Morgan fingerprint density at radius 3 is 2.82 bits per heavy atom. The lowest BCUT2D eigenvalue weighted by molar-refractivity contribution is 0.193. The Kier molecular flexibility index (Phi) is 6.66. The van der Waals surface area contributed by atoms with Crippen LogP contribution in [0, 0.1) is 12.7 Å². The highest BCUT2D eigenvalue weighted by Gasteiger charge is 2.37. The van der Waals surface area contributed by atoms with E-state index in [-0.39, 0.29) is 5.82 Å². The number of rotatable bonds is 5. The number of aryl methyl sites for hydroxylation is 1. The van der Waals surface area contributed by atoms with Crippen LogP contribution in [0.1, 0.15) is 25.3 Å². The maximum Gasteiger partial charge on any atom is 0.273 e. The third-order valence-electron chi connectivity index (χ3n) is 6.78. The summed E-state index contributed by atoms with van der Waals surface area (Å²) in [7, 11) is 0. The topological polar surface area (TPSA) is 67.4 Å². The monoisotopic (exact) mass is 499 g/mol. The van der Waals surface area contributed by atoms with E-state index in [4.69, 9.17) is 16.6 Å². The van der Waals surface area contributed by atoms with Gasteiger partial charge in [-0.1, -0.05) is 23.7 Å². The van der Waals surface area contributed by atoms with Crippen molar-refractivity contribution < 1.29 is 8.94 Å². The van der Waals surface area contributed by atoms with Crippen molar-refractivity contribution in [2.75, 3.05) is 29.3 Å². The number of halogens is 2. The molecule has 2 aliphatic heterocycles. The number of nitrogens with zero attached hydrogens (tertiary/aromatic N) is 4. The summed E-state index contributed by atoms with van der Waals surface area (Å²) >= 11 is 4.73. The number of anilines is 2. The molecule has 0 spiro atoms. The van der Waals surface area contributed by atoms with Crippen LogP contribution >= 0.6 is 11.6 Å². The van der Waals surface area contributed by atoms with Crippen LogP contribution in [0.4, 0.5) is 16.0 Å². The quantitative estimate of drug-likeness (QED) is 0.495. The van der Waals surface area contributed by atoms with Crippen molar-refractivity contribution in [1.29, 1.82) is 0 Å². The van der Waals surface area contributed by atoms with Gasteiger partial charge in [0.05, 0.1) is 10.7 Å². The standard InChI is InChI=1S/C25H27ClFN5OS/c1-16-8-9-18(27)15-19(16)25-20(26)10-11-22(28-25)30-34(33)24-7-3-6-23(29-24)32-14-13-31-12-4-5-21(31)17(32)2/h3,6-11,15,17,21H,4-5,12-14H2,1-2H3,(H,28,30). The molecule has 3 aromatic rings. The van der Waals surface area contributed by atoms with Crippen LogP contribution in [0.5, 0.6) is 0 Å². The predicted molar refractivity (Wildman–Crippen MR) is 135 cm³/mol. The lowest BCUT2D eigenvalue weighted by Gasteiger charge is -2.43. The molecule has 2 aliphatic rings. The number of piperazine rings is 1. The number of fused-ring (bicyclic) bond motifs is 1. The van der Waals surface area contributed by atoms with Crippen LogP contribution in [-0.4, -0.2) is 51.1 Å². The molecule has 0 aliphatic carbocycles. The molecule has 2 fully saturated rings. The van der Waals surface area contributed by atoms with Gasteiger partial charge in [-0.15, -0.1) is 0 Å². The molecule has 1 N–H and O–H groups in total. The van der Waals surface area contributed by atoms with Crippen molar-refractivity contribution in [1.82, 2.24) is 14.9 Å². The smallest absolute Gasteiger partial charge is 0.273 e. The minimum absolute atomic E-state index is 0.357. The largest absolute Gasteiger partial charge is 0.587 e. The van der Waals surface area contributed by atoms with Gasteiger partial charge in [-0.3, -0.25) is 4.90 Å². The Morgan fingerprint density at radius 2 is 1.97 bits per heavy atom. The Balaban J connectivity index is 1.36. The van der Waals surface area contributed by atoms with E-state index in [1.165, 1.54) is 31.5 Å². The van der Waals surface area contributed by atoms with Crippen LogP contribution in [-0.2, 0) is 11.4 Å². The van der Waals surface area contributed by atoms with E-state index in [1.807, 2.05) is 19.1 Å². The fourth-order valence-electron chi connectivity index (χ4n) is 5.00. The molecule has 34 heavy (non-hydrogen) atoms. The Bertz CT molecular complexity index is 1200. The Morgan fingerprint density at radius 1 is 1.12 bits per heavy atom. The van der Waals surface area contributed by atoms with Crippen LogP contribution in [0.15, 0.2) is 53.6 Å². The molecule has 5 rings (SSSR count). The van der Waals surface area contributed by atoms with E-state index in [2.05, 4.69) is 26.4 Å². The van der Waals surface area contributed by atoms with Crippen LogP contribution in [0.25, 0.3) is 11.3 Å². The second-order valence-corrected chi connectivity index (χ2v) is 10.4. The highest BCUT2D eigenvalue weighted by molar-refractivity contribution is 7.92. The van der Waals surface area contributed by atoms with E-state index in [0.717, 1.165) is 24.5 Å². The van der Waals surface area contributed by atoms with Gasteiger partial charge in [0.2, 0.25) is 0 Å². The van der Waals surface area contributed by atoms with Gasteiger partial charge in [-0.05, 0) is 69.1 Å². The number of pyridine rings is 2. The molecule has 178 valence electrons. The Labute approximate surface area is 207 Å². The fraction of sp³-hybridized carbons (Fsp3) is 0.360. The van der Waals surface area contributed by atoms with Crippen LogP contribution < -0.4 is 9.62 Å². The molecule has 4 heterocycles. The summed E-state index contributed by atoms with van der Waals surface area (Å²) in [6.45, 7) is 7.23. The maximum absolute atomic E-state index is 13.8. The summed E-state index contributed by atoms with van der Waals surface area (Å²) in [6, 6.07) is 14.3. The lowest BCUT2D eigenvalue weighted by atomic mass is 10.0. The lowest BCUT2D eigenvalue weighted by Crippen LogP contribution is -2.56. The summed E-state index contributed by atoms with van der Waals surface area (Å²) < 4.78 is 29.9. The first-order valence-electron chi connectivity index (χ1n) is 11.5. The average molecular weight is 500 g/mol.